The van der Waals surface area contributed by atoms with Crippen molar-refractivity contribution < 1.29 is 19.2 Å². The summed E-state index contributed by atoms with van der Waals surface area (Å²) in [5.41, 5.74) is 2.10. The van der Waals surface area contributed by atoms with Crippen LogP contribution in [0.2, 0.25) is 0 Å². The zero-order chi connectivity index (χ0) is 23.7. The van der Waals surface area contributed by atoms with Gasteiger partial charge in [-0.2, -0.15) is 5.26 Å². The van der Waals surface area contributed by atoms with Crippen LogP contribution in [0.15, 0.2) is 54.6 Å². The Morgan fingerprint density at radius 2 is 2.00 bits per heavy atom. The van der Waals surface area contributed by atoms with Gasteiger partial charge in [-0.3, -0.25) is 14.9 Å². The third kappa shape index (κ3) is 6.44. The number of nitrogens with one attached hydrogen (secondary N) is 1. The van der Waals surface area contributed by atoms with Crippen LogP contribution in [0, 0.1) is 21.4 Å². The standard InChI is InChI=1S/C24H25N3O5/c1-5-6-19-11-18(12-20(14-25)24(28)26-16(2)3)13-22(31-4)23(19)32-15-17-7-9-21(10-8-17)27(29)30/h5,7-13,16H,1,6,15H2,2-4H3,(H,26,28)/b20-12-. The number of nitrogens with zero attached hydrogens (tertiary/aromatic N) is 2. The summed E-state index contributed by atoms with van der Waals surface area (Å²) in [6.07, 6.45) is 3.67. The number of nitriles is 1. The molecule has 0 unspecified atom stereocenters. The van der Waals surface area contributed by atoms with Gasteiger partial charge in [0.15, 0.2) is 11.5 Å². The number of hydrogen-bond acceptors (Lipinski definition) is 6. The second kappa shape index (κ2) is 11.3. The Hall–Kier alpha value is -4.12. The molecule has 0 saturated carbocycles. The summed E-state index contributed by atoms with van der Waals surface area (Å²) in [5.74, 6) is 0.470. The number of nitro groups is 1. The van der Waals surface area contributed by atoms with Gasteiger partial charge in [-0.25, -0.2) is 0 Å². The third-order valence-electron chi connectivity index (χ3n) is 4.36. The average molecular weight is 435 g/mol. The molecule has 1 N–H and O–H groups in total. The molecule has 0 aliphatic heterocycles. The molecule has 0 aliphatic carbocycles. The third-order valence-corrected chi connectivity index (χ3v) is 4.36. The van der Waals surface area contributed by atoms with Gasteiger partial charge in [-0.15, -0.1) is 6.58 Å². The summed E-state index contributed by atoms with van der Waals surface area (Å²) < 4.78 is 11.5. The van der Waals surface area contributed by atoms with Crippen LogP contribution in [0.1, 0.15) is 30.5 Å². The first-order valence-electron chi connectivity index (χ1n) is 9.89. The summed E-state index contributed by atoms with van der Waals surface area (Å²) in [4.78, 5) is 22.6. The van der Waals surface area contributed by atoms with Gasteiger partial charge < -0.3 is 14.8 Å². The fourth-order valence-electron chi connectivity index (χ4n) is 2.91. The molecule has 0 aliphatic rings. The highest BCUT2D eigenvalue weighted by Gasteiger charge is 2.15. The van der Waals surface area contributed by atoms with Crippen LogP contribution < -0.4 is 14.8 Å². The van der Waals surface area contributed by atoms with Crippen LogP contribution in [0.5, 0.6) is 11.5 Å². The van der Waals surface area contributed by atoms with Crippen molar-refractivity contribution in [3.05, 3.63) is 81.4 Å². The normalized spacial score (nSPS) is 10.9. The smallest absolute Gasteiger partial charge is 0.269 e. The lowest BCUT2D eigenvalue weighted by Crippen LogP contribution is -2.30. The predicted octanol–water partition coefficient (Wildman–Crippen LogP) is 4.34. The number of nitro benzene ring substituents is 1. The summed E-state index contributed by atoms with van der Waals surface area (Å²) in [7, 11) is 1.50. The fraction of sp³-hybridized carbons (Fsp3) is 0.250. The van der Waals surface area contributed by atoms with Gasteiger partial charge in [-0.1, -0.05) is 6.08 Å². The Morgan fingerprint density at radius 1 is 1.31 bits per heavy atom. The van der Waals surface area contributed by atoms with E-state index in [1.54, 1.807) is 30.3 Å². The summed E-state index contributed by atoms with van der Waals surface area (Å²) in [6, 6.07) is 11.4. The molecule has 0 heterocycles. The Morgan fingerprint density at radius 3 is 2.53 bits per heavy atom. The Kier molecular flexibility index (Phi) is 8.54. The maximum Gasteiger partial charge on any atom is 0.269 e. The summed E-state index contributed by atoms with van der Waals surface area (Å²) in [6.45, 7) is 7.58. The maximum absolute atomic E-state index is 12.2. The number of rotatable bonds is 10. The predicted molar refractivity (Wildman–Crippen MR) is 121 cm³/mol. The van der Waals surface area contributed by atoms with E-state index in [0.717, 1.165) is 11.1 Å². The van der Waals surface area contributed by atoms with E-state index in [9.17, 15) is 20.2 Å². The number of ether oxygens (including phenoxy) is 2. The van der Waals surface area contributed by atoms with E-state index < -0.39 is 10.8 Å². The van der Waals surface area contributed by atoms with Crippen molar-refractivity contribution in [2.24, 2.45) is 0 Å². The molecule has 8 nitrogen and oxygen atoms in total. The molecular weight excluding hydrogens is 410 g/mol. The Balaban J connectivity index is 2.36. The van der Waals surface area contributed by atoms with E-state index in [1.807, 2.05) is 19.9 Å². The molecule has 0 atom stereocenters. The molecule has 0 saturated heterocycles. The molecule has 0 spiro atoms. The van der Waals surface area contributed by atoms with Gasteiger partial charge in [0.25, 0.3) is 11.6 Å². The quantitative estimate of drug-likeness (QED) is 0.195. The first-order chi connectivity index (χ1) is 15.3. The SMILES string of the molecule is C=CCc1cc(/C=C(/C#N)C(=O)NC(C)C)cc(OC)c1OCc1ccc([N+](=O)[O-])cc1. The lowest BCUT2D eigenvalue weighted by molar-refractivity contribution is -0.384. The second-order valence-corrected chi connectivity index (χ2v) is 7.21. The monoisotopic (exact) mass is 435 g/mol. The van der Waals surface area contributed by atoms with Crippen molar-refractivity contribution in [3.8, 4) is 17.6 Å². The van der Waals surface area contributed by atoms with Crippen LogP contribution in [-0.2, 0) is 17.8 Å². The van der Waals surface area contributed by atoms with Crippen molar-refractivity contribution in [2.75, 3.05) is 7.11 Å². The number of allylic oxidation sites excluding steroid dienone is 1. The first-order valence-corrected chi connectivity index (χ1v) is 9.89. The average Bonchev–Trinajstić information content (AvgIpc) is 2.76. The minimum atomic E-state index is -0.459. The summed E-state index contributed by atoms with van der Waals surface area (Å²) >= 11 is 0. The molecule has 0 aromatic heterocycles. The van der Waals surface area contributed by atoms with E-state index in [1.165, 1.54) is 25.3 Å². The van der Waals surface area contributed by atoms with Gasteiger partial charge in [0, 0.05) is 23.7 Å². The zero-order valence-corrected chi connectivity index (χ0v) is 18.3. The molecule has 166 valence electrons. The van der Waals surface area contributed by atoms with Crippen molar-refractivity contribution in [1.82, 2.24) is 5.32 Å². The van der Waals surface area contributed by atoms with E-state index in [0.29, 0.717) is 23.5 Å². The van der Waals surface area contributed by atoms with E-state index >= 15 is 0 Å². The molecule has 0 fully saturated rings. The van der Waals surface area contributed by atoms with Crippen molar-refractivity contribution in [3.63, 3.8) is 0 Å². The minimum absolute atomic E-state index is 0.00428. The number of carbonyl (C=O) groups is 1. The number of non-ortho nitro benzene ring substituents is 1. The molecule has 1 amide bonds. The van der Waals surface area contributed by atoms with Gasteiger partial charge in [-0.05, 0) is 61.7 Å². The molecular formula is C24H25N3O5. The lowest BCUT2D eigenvalue weighted by atomic mass is 10.0. The number of hydrogen-bond donors (Lipinski definition) is 1. The molecule has 0 bridgehead atoms. The molecule has 8 heteroatoms. The van der Waals surface area contributed by atoms with Crippen LogP contribution in [0.4, 0.5) is 5.69 Å². The van der Waals surface area contributed by atoms with E-state index in [-0.39, 0.29) is 23.9 Å². The molecule has 0 radical (unpaired) electrons. The number of methoxy groups -OCH3 is 1. The van der Waals surface area contributed by atoms with Gasteiger partial charge >= 0.3 is 0 Å². The molecule has 2 aromatic rings. The second-order valence-electron chi connectivity index (χ2n) is 7.21. The van der Waals surface area contributed by atoms with Crippen LogP contribution >= 0.6 is 0 Å². The number of carbonyl (C=O) groups excluding carboxylic acids is 1. The van der Waals surface area contributed by atoms with Gasteiger partial charge in [0.2, 0.25) is 0 Å². The lowest BCUT2D eigenvalue weighted by Gasteiger charge is -2.16. The number of amides is 1. The van der Waals surface area contributed by atoms with Crippen molar-refractivity contribution >= 4 is 17.7 Å². The van der Waals surface area contributed by atoms with Crippen molar-refractivity contribution in [1.29, 1.82) is 5.26 Å². The number of benzene rings is 2. The Labute approximate surface area is 186 Å². The largest absolute Gasteiger partial charge is 0.493 e. The van der Waals surface area contributed by atoms with Gasteiger partial charge in [0.05, 0.1) is 12.0 Å². The van der Waals surface area contributed by atoms with Gasteiger partial charge in [0.1, 0.15) is 18.2 Å². The highest BCUT2D eigenvalue weighted by molar-refractivity contribution is 6.01. The van der Waals surface area contributed by atoms with Crippen LogP contribution in [0.25, 0.3) is 6.08 Å². The fourth-order valence-corrected chi connectivity index (χ4v) is 2.91. The van der Waals surface area contributed by atoms with E-state index in [2.05, 4.69) is 11.9 Å². The molecule has 32 heavy (non-hydrogen) atoms. The molecule has 2 aromatic carbocycles. The topological polar surface area (TPSA) is 114 Å². The van der Waals surface area contributed by atoms with E-state index in [4.69, 9.17) is 9.47 Å². The van der Waals surface area contributed by atoms with Crippen molar-refractivity contribution in [2.45, 2.75) is 32.9 Å². The van der Waals surface area contributed by atoms with Crippen LogP contribution in [-0.4, -0.2) is 24.0 Å². The highest BCUT2D eigenvalue weighted by atomic mass is 16.6. The first kappa shape index (κ1) is 24.2. The highest BCUT2D eigenvalue weighted by Crippen LogP contribution is 2.35. The Bertz CT molecular complexity index is 1070. The van der Waals surface area contributed by atoms with Crippen LogP contribution in [0.3, 0.4) is 0 Å². The molecule has 2 rings (SSSR count). The summed E-state index contributed by atoms with van der Waals surface area (Å²) in [5, 5.41) is 22.9. The maximum atomic E-state index is 12.2. The zero-order valence-electron chi connectivity index (χ0n) is 18.3. The minimum Gasteiger partial charge on any atom is -0.493 e.